The van der Waals surface area contributed by atoms with Gasteiger partial charge >= 0.3 is 0 Å². The minimum Gasteiger partial charge on any atom is -0.229 e. The molecule has 0 fully saturated rings. The van der Waals surface area contributed by atoms with E-state index in [9.17, 15) is 8.42 Å². The number of nitrogens with two attached hydrogens (primary N) is 1. The van der Waals surface area contributed by atoms with Crippen LogP contribution in [0, 0.1) is 13.8 Å². The fraction of sp³-hybridized carbons (Fsp3) is 0.400. The lowest BCUT2D eigenvalue weighted by molar-refractivity contribution is 0.597. The first kappa shape index (κ1) is 11.2. The number of aryl methyl sites for hydroxylation is 3. The summed E-state index contributed by atoms with van der Waals surface area (Å²) in [4.78, 5) is 0. The first-order valence-corrected chi connectivity index (χ1v) is 6.16. The third kappa shape index (κ3) is 3.47. The Kier molecular flexibility index (Phi) is 3.29. The summed E-state index contributed by atoms with van der Waals surface area (Å²) in [5.74, 6) is 0.00943. The summed E-state index contributed by atoms with van der Waals surface area (Å²) < 4.78 is 21.5. The van der Waals surface area contributed by atoms with E-state index in [-0.39, 0.29) is 5.75 Å². The number of sulfonamides is 1. The quantitative estimate of drug-likeness (QED) is 0.818. The molecule has 1 rings (SSSR count). The van der Waals surface area contributed by atoms with Gasteiger partial charge in [-0.25, -0.2) is 13.6 Å². The zero-order valence-electron chi connectivity index (χ0n) is 8.45. The van der Waals surface area contributed by atoms with Crippen LogP contribution < -0.4 is 5.14 Å². The van der Waals surface area contributed by atoms with Crippen molar-refractivity contribution in [3.05, 3.63) is 34.9 Å². The van der Waals surface area contributed by atoms with Crippen LogP contribution in [0.2, 0.25) is 0 Å². The molecule has 1 aromatic rings. The average Bonchev–Trinajstić information content (AvgIpc) is 2.06. The highest BCUT2D eigenvalue weighted by Gasteiger charge is 2.03. The Bertz CT molecular complexity index is 424. The van der Waals surface area contributed by atoms with Crippen molar-refractivity contribution in [3.63, 3.8) is 0 Å². The van der Waals surface area contributed by atoms with Crippen molar-refractivity contribution in [2.24, 2.45) is 5.14 Å². The van der Waals surface area contributed by atoms with Crippen molar-refractivity contribution in [1.29, 1.82) is 0 Å². The first-order chi connectivity index (χ1) is 6.38. The number of rotatable bonds is 3. The van der Waals surface area contributed by atoms with Gasteiger partial charge in [0, 0.05) is 0 Å². The molecule has 4 heteroatoms. The molecule has 2 N–H and O–H groups in total. The van der Waals surface area contributed by atoms with Crippen LogP contribution in [0.5, 0.6) is 0 Å². The van der Waals surface area contributed by atoms with Crippen LogP contribution in [0.15, 0.2) is 18.2 Å². The van der Waals surface area contributed by atoms with E-state index in [1.54, 1.807) is 0 Å². The highest BCUT2D eigenvalue weighted by molar-refractivity contribution is 7.89. The number of benzene rings is 1. The van der Waals surface area contributed by atoms with Crippen LogP contribution in [0.25, 0.3) is 0 Å². The molecule has 1 aromatic carbocycles. The molecule has 0 aliphatic heterocycles. The molecule has 0 amide bonds. The van der Waals surface area contributed by atoms with Gasteiger partial charge in [-0.1, -0.05) is 18.2 Å². The van der Waals surface area contributed by atoms with Crippen LogP contribution in [0.3, 0.4) is 0 Å². The second kappa shape index (κ2) is 4.11. The van der Waals surface area contributed by atoms with Gasteiger partial charge in [0.2, 0.25) is 10.0 Å². The second-order valence-corrected chi connectivity index (χ2v) is 5.27. The summed E-state index contributed by atoms with van der Waals surface area (Å²) in [6, 6.07) is 5.93. The van der Waals surface area contributed by atoms with E-state index in [2.05, 4.69) is 0 Å². The van der Waals surface area contributed by atoms with E-state index in [0.29, 0.717) is 6.42 Å². The molecule has 0 unspecified atom stereocenters. The van der Waals surface area contributed by atoms with Crippen molar-refractivity contribution >= 4 is 10.0 Å². The molecule has 0 aromatic heterocycles. The van der Waals surface area contributed by atoms with Gasteiger partial charge in [-0.2, -0.15) is 0 Å². The maximum Gasteiger partial charge on any atom is 0.209 e. The van der Waals surface area contributed by atoms with Gasteiger partial charge in [-0.15, -0.1) is 0 Å². The molecule has 0 radical (unpaired) electrons. The molecule has 0 saturated carbocycles. The lowest BCUT2D eigenvalue weighted by Crippen LogP contribution is -2.17. The molecule has 0 saturated heterocycles. The fourth-order valence-electron chi connectivity index (χ4n) is 1.22. The Balaban J connectivity index is 2.74. The van der Waals surface area contributed by atoms with Crippen molar-refractivity contribution in [1.82, 2.24) is 0 Å². The summed E-state index contributed by atoms with van der Waals surface area (Å²) >= 11 is 0. The van der Waals surface area contributed by atoms with Gasteiger partial charge in [0.05, 0.1) is 5.75 Å². The van der Waals surface area contributed by atoms with E-state index in [0.717, 1.165) is 5.56 Å². The summed E-state index contributed by atoms with van der Waals surface area (Å²) in [5.41, 5.74) is 3.41. The van der Waals surface area contributed by atoms with Crippen molar-refractivity contribution < 1.29 is 8.42 Å². The molecular weight excluding hydrogens is 198 g/mol. The minimum atomic E-state index is -3.35. The van der Waals surface area contributed by atoms with Gasteiger partial charge in [0.25, 0.3) is 0 Å². The largest absolute Gasteiger partial charge is 0.229 e. The highest BCUT2D eigenvalue weighted by atomic mass is 32.2. The molecule has 3 nitrogen and oxygen atoms in total. The first-order valence-electron chi connectivity index (χ1n) is 4.45. The maximum absolute atomic E-state index is 10.7. The van der Waals surface area contributed by atoms with E-state index in [1.165, 1.54) is 11.1 Å². The van der Waals surface area contributed by atoms with Crippen molar-refractivity contribution in [2.75, 3.05) is 5.75 Å². The molecular formula is C10H15NO2S. The van der Waals surface area contributed by atoms with Crippen molar-refractivity contribution in [2.45, 2.75) is 20.3 Å². The van der Waals surface area contributed by atoms with Gasteiger partial charge in [0.15, 0.2) is 0 Å². The zero-order valence-corrected chi connectivity index (χ0v) is 9.26. The lowest BCUT2D eigenvalue weighted by Gasteiger charge is -2.04. The van der Waals surface area contributed by atoms with Crippen LogP contribution >= 0.6 is 0 Å². The normalized spacial score (nSPS) is 11.6. The Morgan fingerprint density at radius 3 is 2.36 bits per heavy atom. The highest BCUT2D eigenvalue weighted by Crippen LogP contribution is 2.10. The molecule has 0 spiro atoms. The van der Waals surface area contributed by atoms with Gasteiger partial charge in [-0.05, 0) is 37.0 Å². The number of hydrogen-bond donors (Lipinski definition) is 1. The third-order valence-corrected chi connectivity index (χ3v) is 3.02. The second-order valence-electron chi connectivity index (χ2n) is 3.54. The summed E-state index contributed by atoms with van der Waals surface area (Å²) in [6.07, 6.45) is 0.486. The van der Waals surface area contributed by atoms with E-state index in [1.807, 2.05) is 32.0 Å². The van der Waals surface area contributed by atoms with Crippen LogP contribution in [-0.2, 0) is 16.4 Å². The molecule has 78 valence electrons. The topological polar surface area (TPSA) is 60.2 Å². The summed E-state index contributed by atoms with van der Waals surface area (Å²) in [6.45, 7) is 4.04. The SMILES string of the molecule is Cc1ccc(CCS(N)(=O)=O)cc1C. The summed E-state index contributed by atoms with van der Waals surface area (Å²) in [5, 5.41) is 4.92. The Morgan fingerprint density at radius 2 is 1.86 bits per heavy atom. The standard InChI is InChI=1S/C10H15NO2S/c1-8-3-4-10(7-9(8)2)5-6-14(11,12)13/h3-4,7H,5-6H2,1-2H3,(H2,11,12,13). The van der Waals surface area contributed by atoms with Gasteiger partial charge in [0.1, 0.15) is 0 Å². The van der Waals surface area contributed by atoms with E-state index >= 15 is 0 Å². The molecule has 0 aliphatic rings. The number of hydrogen-bond acceptors (Lipinski definition) is 2. The maximum atomic E-state index is 10.7. The molecule has 0 atom stereocenters. The molecule has 0 heterocycles. The monoisotopic (exact) mass is 213 g/mol. The molecule has 0 bridgehead atoms. The Morgan fingerprint density at radius 1 is 1.21 bits per heavy atom. The van der Waals surface area contributed by atoms with Gasteiger partial charge in [-0.3, -0.25) is 0 Å². The van der Waals surface area contributed by atoms with Crippen LogP contribution in [-0.4, -0.2) is 14.2 Å². The molecule has 14 heavy (non-hydrogen) atoms. The third-order valence-electron chi connectivity index (χ3n) is 2.25. The van der Waals surface area contributed by atoms with E-state index < -0.39 is 10.0 Å². The summed E-state index contributed by atoms with van der Waals surface area (Å²) in [7, 11) is -3.35. The van der Waals surface area contributed by atoms with Crippen LogP contribution in [0.4, 0.5) is 0 Å². The average molecular weight is 213 g/mol. The fourth-order valence-corrected chi connectivity index (χ4v) is 1.74. The van der Waals surface area contributed by atoms with Crippen molar-refractivity contribution in [3.8, 4) is 0 Å². The zero-order chi connectivity index (χ0) is 10.8. The predicted octanol–water partition coefficient (Wildman–Crippen LogP) is 1.13. The smallest absolute Gasteiger partial charge is 0.209 e. The Hall–Kier alpha value is -0.870. The van der Waals surface area contributed by atoms with Gasteiger partial charge < -0.3 is 0 Å². The number of primary sulfonamides is 1. The predicted molar refractivity (Wildman–Crippen MR) is 57.6 cm³/mol. The minimum absolute atomic E-state index is 0.00943. The lowest BCUT2D eigenvalue weighted by atomic mass is 10.1. The molecule has 0 aliphatic carbocycles. The van der Waals surface area contributed by atoms with E-state index in [4.69, 9.17) is 5.14 Å². The Labute approximate surface area is 85.0 Å². The van der Waals surface area contributed by atoms with Crippen LogP contribution in [0.1, 0.15) is 16.7 Å².